The third-order valence-corrected chi connectivity index (χ3v) is 2.94. The average Bonchev–Trinajstić information content (AvgIpc) is 2.76. The van der Waals surface area contributed by atoms with E-state index in [4.69, 9.17) is 5.73 Å². The maximum absolute atomic E-state index is 13.2. The van der Waals surface area contributed by atoms with Crippen molar-refractivity contribution in [3.8, 4) is 0 Å². The normalized spacial score (nSPS) is 10.3. The maximum atomic E-state index is 13.2. The number of nitrogens with one attached hydrogen (secondary N) is 1. The van der Waals surface area contributed by atoms with Crippen LogP contribution < -0.4 is 11.1 Å². The molecule has 6 heteroatoms. The topological polar surface area (TPSA) is 63.8 Å². The number of nitrogens with two attached hydrogens (primary N) is 1. The molecule has 0 aliphatic heterocycles. The van der Waals surface area contributed by atoms with Crippen molar-refractivity contribution < 1.29 is 4.39 Å². The number of thiophene rings is 1. The lowest BCUT2D eigenvalue weighted by atomic mass is 10.3. The first-order valence-corrected chi connectivity index (χ1v) is 5.68. The van der Waals surface area contributed by atoms with Gasteiger partial charge in [0.1, 0.15) is 0 Å². The van der Waals surface area contributed by atoms with Gasteiger partial charge >= 0.3 is 0 Å². The average molecular weight is 238 g/mol. The summed E-state index contributed by atoms with van der Waals surface area (Å²) in [5.74, 6) is -0.260. The van der Waals surface area contributed by atoms with Crippen LogP contribution in [0.1, 0.15) is 4.88 Å². The fourth-order valence-electron chi connectivity index (χ4n) is 1.26. The van der Waals surface area contributed by atoms with Crippen LogP contribution in [0, 0.1) is 5.82 Å². The van der Waals surface area contributed by atoms with E-state index in [0.717, 1.165) is 12.6 Å². The van der Waals surface area contributed by atoms with Crippen LogP contribution in [0.4, 0.5) is 16.2 Å². The van der Waals surface area contributed by atoms with Crippen molar-refractivity contribution in [3.63, 3.8) is 0 Å². The van der Waals surface area contributed by atoms with E-state index in [1.165, 1.54) is 4.88 Å². The van der Waals surface area contributed by atoms with Gasteiger partial charge in [-0.05, 0) is 17.9 Å². The minimum atomic E-state index is -0.486. The third kappa shape index (κ3) is 2.66. The highest BCUT2D eigenvalue weighted by Gasteiger charge is 2.04. The Morgan fingerprint density at radius 3 is 3.12 bits per heavy atom. The molecule has 16 heavy (non-hydrogen) atoms. The van der Waals surface area contributed by atoms with E-state index in [0.29, 0.717) is 6.54 Å². The fraction of sp³-hybridized carbons (Fsp3) is 0.200. The molecule has 0 aliphatic rings. The summed E-state index contributed by atoms with van der Waals surface area (Å²) >= 11 is 1.67. The lowest BCUT2D eigenvalue weighted by molar-refractivity contribution is 0.617. The second-order valence-electron chi connectivity index (χ2n) is 3.18. The molecule has 3 N–H and O–H groups in total. The molecule has 0 atom stereocenters. The van der Waals surface area contributed by atoms with E-state index in [2.05, 4.69) is 15.3 Å². The van der Waals surface area contributed by atoms with Gasteiger partial charge in [0.25, 0.3) is 0 Å². The van der Waals surface area contributed by atoms with E-state index in [1.54, 1.807) is 11.3 Å². The molecular weight excluding hydrogens is 227 g/mol. The Kier molecular flexibility index (Phi) is 3.31. The first kappa shape index (κ1) is 10.8. The van der Waals surface area contributed by atoms with E-state index in [-0.39, 0.29) is 11.8 Å². The van der Waals surface area contributed by atoms with Gasteiger partial charge in [-0.15, -0.1) is 11.3 Å². The minimum absolute atomic E-state index is 0.0695. The summed E-state index contributed by atoms with van der Waals surface area (Å²) < 4.78 is 13.2. The number of anilines is 2. The standard InChI is InChI=1S/C10H11FN4S/c11-8-6-14-10(12)15-9(8)13-4-3-7-2-1-5-16-7/h1-2,5-6H,3-4H2,(H3,12,13,14,15). The lowest BCUT2D eigenvalue weighted by Gasteiger charge is -2.05. The summed E-state index contributed by atoms with van der Waals surface area (Å²) in [6.07, 6.45) is 1.90. The quantitative estimate of drug-likeness (QED) is 0.854. The summed E-state index contributed by atoms with van der Waals surface area (Å²) in [7, 11) is 0. The molecule has 84 valence electrons. The molecule has 2 aromatic heterocycles. The number of hydrogen-bond donors (Lipinski definition) is 2. The van der Waals surface area contributed by atoms with Crippen molar-refractivity contribution in [1.29, 1.82) is 0 Å². The molecule has 0 unspecified atom stereocenters. The van der Waals surface area contributed by atoms with Crippen molar-refractivity contribution in [2.24, 2.45) is 0 Å². The van der Waals surface area contributed by atoms with Crippen LogP contribution in [0.3, 0.4) is 0 Å². The van der Waals surface area contributed by atoms with Crippen molar-refractivity contribution in [2.45, 2.75) is 6.42 Å². The summed E-state index contributed by atoms with van der Waals surface area (Å²) in [5, 5.41) is 4.91. The van der Waals surface area contributed by atoms with Crippen LogP contribution in [0.25, 0.3) is 0 Å². The van der Waals surface area contributed by atoms with Gasteiger partial charge in [0.05, 0.1) is 6.20 Å². The molecule has 0 spiro atoms. The maximum Gasteiger partial charge on any atom is 0.222 e. The summed E-state index contributed by atoms with van der Waals surface area (Å²) in [6.45, 7) is 0.619. The van der Waals surface area contributed by atoms with E-state index in [9.17, 15) is 4.39 Å². The zero-order chi connectivity index (χ0) is 11.4. The molecular formula is C10H11FN4S. The lowest BCUT2D eigenvalue weighted by Crippen LogP contribution is -2.09. The number of hydrogen-bond acceptors (Lipinski definition) is 5. The molecule has 0 radical (unpaired) electrons. The van der Waals surface area contributed by atoms with Crippen molar-refractivity contribution in [1.82, 2.24) is 9.97 Å². The Balaban J connectivity index is 1.92. The predicted octanol–water partition coefficient (Wildman–Crippen LogP) is 1.91. The van der Waals surface area contributed by atoms with Gasteiger partial charge in [0.15, 0.2) is 11.6 Å². The number of nitrogens with zero attached hydrogens (tertiary/aromatic N) is 2. The Hall–Kier alpha value is -1.69. The number of nitrogen functional groups attached to an aromatic ring is 1. The van der Waals surface area contributed by atoms with Crippen LogP contribution in [0.2, 0.25) is 0 Å². The SMILES string of the molecule is Nc1ncc(F)c(NCCc2cccs2)n1. The third-order valence-electron chi connectivity index (χ3n) is 2.01. The molecule has 2 rings (SSSR count). The smallest absolute Gasteiger partial charge is 0.222 e. The zero-order valence-electron chi connectivity index (χ0n) is 8.48. The molecule has 0 fully saturated rings. The number of rotatable bonds is 4. The highest BCUT2D eigenvalue weighted by Crippen LogP contribution is 2.12. The van der Waals surface area contributed by atoms with E-state index >= 15 is 0 Å². The summed E-state index contributed by atoms with van der Waals surface area (Å²) in [4.78, 5) is 8.57. The Morgan fingerprint density at radius 2 is 2.38 bits per heavy atom. The fourth-order valence-corrected chi connectivity index (χ4v) is 1.97. The van der Waals surface area contributed by atoms with E-state index in [1.807, 2.05) is 17.5 Å². The molecule has 0 saturated heterocycles. The van der Waals surface area contributed by atoms with Crippen LogP contribution in [0.5, 0.6) is 0 Å². The van der Waals surface area contributed by atoms with Crippen LogP contribution in [-0.2, 0) is 6.42 Å². The monoisotopic (exact) mass is 238 g/mol. The van der Waals surface area contributed by atoms with Crippen LogP contribution >= 0.6 is 11.3 Å². The summed E-state index contributed by atoms with van der Waals surface area (Å²) in [6, 6.07) is 4.03. The van der Waals surface area contributed by atoms with E-state index < -0.39 is 5.82 Å². The molecule has 0 amide bonds. The van der Waals surface area contributed by atoms with Gasteiger partial charge < -0.3 is 11.1 Å². The second kappa shape index (κ2) is 4.89. The first-order chi connectivity index (χ1) is 7.75. The predicted molar refractivity (Wildman–Crippen MR) is 62.9 cm³/mol. The van der Waals surface area contributed by atoms with Crippen molar-refractivity contribution in [3.05, 3.63) is 34.4 Å². The van der Waals surface area contributed by atoms with Crippen LogP contribution in [0.15, 0.2) is 23.7 Å². The van der Waals surface area contributed by atoms with Gasteiger partial charge in [-0.3, -0.25) is 0 Å². The van der Waals surface area contributed by atoms with Crippen LogP contribution in [-0.4, -0.2) is 16.5 Å². The van der Waals surface area contributed by atoms with Gasteiger partial charge in [0.2, 0.25) is 5.95 Å². The molecule has 0 saturated carbocycles. The minimum Gasteiger partial charge on any atom is -0.368 e. The zero-order valence-corrected chi connectivity index (χ0v) is 9.30. The Labute approximate surface area is 96.4 Å². The Morgan fingerprint density at radius 1 is 1.50 bits per heavy atom. The molecule has 4 nitrogen and oxygen atoms in total. The first-order valence-electron chi connectivity index (χ1n) is 4.80. The highest BCUT2D eigenvalue weighted by molar-refractivity contribution is 7.09. The molecule has 2 aromatic rings. The largest absolute Gasteiger partial charge is 0.368 e. The molecule has 2 heterocycles. The van der Waals surface area contributed by atoms with Crippen molar-refractivity contribution >= 4 is 23.1 Å². The van der Waals surface area contributed by atoms with Crippen molar-refractivity contribution in [2.75, 3.05) is 17.6 Å². The van der Waals surface area contributed by atoms with Gasteiger partial charge in [-0.2, -0.15) is 4.98 Å². The second-order valence-corrected chi connectivity index (χ2v) is 4.21. The molecule has 0 bridgehead atoms. The van der Waals surface area contributed by atoms with Gasteiger partial charge in [0, 0.05) is 11.4 Å². The Bertz CT molecular complexity index is 458. The number of halogens is 1. The molecule has 0 aromatic carbocycles. The van der Waals surface area contributed by atoms with Gasteiger partial charge in [-0.25, -0.2) is 9.37 Å². The van der Waals surface area contributed by atoms with Gasteiger partial charge in [-0.1, -0.05) is 6.07 Å². The number of aromatic nitrogens is 2. The molecule has 0 aliphatic carbocycles. The summed E-state index contributed by atoms with van der Waals surface area (Å²) in [5.41, 5.74) is 5.37. The highest BCUT2D eigenvalue weighted by atomic mass is 32.1.